The topological polar surface area (TPSA) is 63.6 Å². The Kier molecular flexibility index (Phi) is 6.39. The van der Waals surface area contributed by atoms with Crippen LogP contribution in [-0.2, 0) is 20.3 Å². The number of carbonyl (C=O) groups excluding carboxylic acids is 1. The van der Waals surface area contributed by atoms with Gasteiger partial charge in [0, 0.05) is 5.57 Å². The number of rotatable bonds is 6. The van der Waals surface area contributed by atoms with Crippen molar-refractivity contribution in [1.82, 2.24) is 0 Å². The second kappa shape index (κ2) is 7.57. The smallest absolute Gasteiger partial charge is 0.333 e. The highest BCUT2D eigenvalue weighted by Gasteiger charge is 2.27. The summed E-state index contributed by atoms with van der Waals surface area (Å²) in [4.78, 5) is 11.8. The van der Waals surface area contributed by atoms with Gasteiger partial charge in [0.1, 0.15) is 0 Å². The number of halogens is 1. The van der Waals surface area contributed by atoms with Gasteiger partial charge < -0.3 is 9.84 Å². The molecule has 0 heterocycles. The van der Waals surface area contributed by atoms with E-state index in [4.69, 9.17) is 11.6 Å². The summed E-state index contributed by atoms with van der Waals surface area (Å²) in [6, 6.07) is 6.71. The van der Waals surface area contributed by atoms with Crippen LogP contribution in [0.15, 0.2) is 41.3 Å². The van der Waals surface area contributed by atoms with E-state index in [1.807, 2.05) is 0 Å². The molecule has 4 nitrogen and oxygen atoms in total. The van der Waals surface area contributed by atoms with Crippen molar-refractivity contribution < 1.29 is 18.8 Å². The third-order valence-electron chi connectivity index (χ3n) is 2.79. The highest BCUT2D eigenvalue weighted by atomic mass is 35.5. The van der Waals surface area contributed by atoms with Gasteiger partial charge in [0.05, 0.1) is 39.2 Å². The Labute approximate surface area is 125 Å². The van der Waals surface area contributed by atoms with Crippen LogP contribution >= 0.6 is 11.6 Å². The Balaban J connectivity index is 2.98. The Hall–Kier alpha value is -1.17. The predicted molar refractivity (Wildman–Crippen MR) is 79.1 cm³/mol. The SMILES string of the molecule is C=C(C[C@H]([C@H](C)O)[S@@](=O)c1ccccc1Cl)C(=O)OC. The molecule has 1 aromatic rings. The third-order valence-corrected chi connectivity index (χ3v) is 5.13. The highest BCUT2D eigenvalue weighted by Crippen LogP contribution is 2.25. The summed E-state index contributed by atoms with van der Waals surface area (Å²) in [6.07, 6.45) is -0.809. The van der Waals surface area contributed by atoms with Gasteiger partial charge in [-0.05, 0) is 25.5 Å². The van der Waals surface area contributed by atoms with Gasteiger partial charge in [-0.1, -0.05) is 30.3 Å². The molecular weight excluding hydrogens is 300 g/mol. The van der Waals surface area contributed by atoms with Gasteiger partial charge in [0.15, 0.2) is 0 Å². The summed E-state index contributed by atoms with van der Waals surface area (Å²) in [7, 11) is -0.307. The molecule has 20 heavy (non-hydrogen) atoms. The van der Waals surface area contributed by atoms with Crippen LogP contribution in [0.2, 0.25) is 5.02 Å². The molecule has 0 aromatic heterocycles. The second-order valence-corrected chi connectivity index (χ2v) is 6.35. The average molecular weight is 317 g/mol. The molecule has 6 heteroatoms. The largest absolute Gasteiger partial charge is 0.466 e. The Morgan fingerprint density at radius 2 is 2.10 bits per heavy atom. The van der Waals surface area contributed by atoms with Crippen molar-refractivity contribution in [2.24, 2.45) is 0 Å². The van der Waals surface area contributed by atoms with E-state index in [1.165, 1.54) is 14.0 Å². The molecule has 0 saturated carbocycles. The maximum Gasteiger partial charge on any atom is 0.333 e. The number of ether oxygens (including phenoxy) is 1. The Morgan fingerprint density at radius 1 is 1.50 bits per heavy atom. The number of aliphatic hydroxyl groups excluding tert-OH is 1. The summed E-state index contributed by atoms with van der Waals surface area (Å²) in [5, 5.41) is 9.49. The van der Waals surface area contributed by atoms with Gasteiger partial charge in [-0.25, -0.2) is 4.79 Å². The summed E-state index contributed by atoms with van der Waals surface area (Å²) in [5.41, 5.74) is 0.166. The fraction of sp³-hybridized carbons (Fsp3) is 0.357. The molecule has 0 fully saturated rings. The lowest BCUT2D eigenvalue weighted by Crippen LogP contribution is -2.30. The van der Waals surface area contributed by atoms with Crippen LogP contribution in [0.1, 0.15) is 13.3 Å². The number of esters is 1. The van der Waals surface area contributed by atoms with Crippen LogP contribution in [0.25, 0.3) is 0 Å². The molecule has 0 spiro atoms. The third kappa shape index (κ3) is 4.16. The summed E-state index contributed by atoms with van der Waals surface area (Å²) >= 11 is 6.01. The number of aliphatic hydroxyl groups is 1. The molecule has 3 atom stereocenters. The number of benzene rings is 1. The van der Waals surface area contributed by atoms with E-state index in [2.05, 4.69) is 11.3 Å². The van der Waals surface area contributed by atoms with Crippen molar-refractivity contribution in [3.05, 3.63) is 41.4 Å². The van der Waals surface area contributed by atoms with Crippen molar-refractivity contribution in [2.45, 2.75) is 29.6 Å². The first kappa shape index (κ1) is 16.9. The van der Waals surface area contributed by atoms with Crippen molar-refractivity contribution in [3.63, 3.8) is 0 Å². The lowest BCUT2D eigenvalue weighted by molar-refractivity contribution is -0.136. The van der Waals surface area contributed by atoms with E-state index < -0.39 is 28.1 Å². The van der Waals surface area contributed by atoms with Gasteiger partial charge >= 0.3 is 5.97 Å². The van der Waals surface area contributed by atoms with Crippen LogP contribution < -0.4 is 0 Å². The monoisotopic (exact) mass is 316 g/mol. The van der Waals surface area contributed by atoms with Gasteiger partial charge in [0.25, 0.3) is 0 Å². The molecule has 110 valence electrons. The summed E-state index contributed by atoms with van der Waals surface area (Å²) in [5.74, 6) is -0.577. The van der Waals surface area contributed by atoms with Gasteiger partial charge in [-0.2, -0.15) is 0 Å². The maximum absolute atomic E-state index is 12.5. The molecule has 1 N–H and O–H groups in total. The van der Waals surface area contributed by atoms with Crippen molar-refractivity contribution in [2.75, 3.05) is 7.11 Å². The number of hydrogen-bond acceptors (Lipinski definition) is 4. The molecule has 0 radical (unpaired) electrons. The molecule has 1 rings (SSSR count). The van der Waals surface area contributed by atoms with E-state index >= 15 is 0 Å². The average Bonchev–Trinajstić information content (AvgIpc) is 2.43. The van der Waals surface area contributed by atoms with Crippen LogP contribution in [0.5, 0.6) is 0 Å². The molecular formula is C14H17ClO4S. The fourth-order valence-corrected chi connectivity index (χ4v) is 3.54. The first-order chi connectivity index (χ1) is 9.38. The molecule has 0 unspecified atom stereocenters. The van der Waals surface area contributed by atoms with Gasteiger partial charge in [-0.15, -0.1) is 0 Å². The van der Waals surface area contributed by atoms with Crippen LogP contribution in [0, 0.1) is 0 Å². The van der Waals surface area contributed by atoms with Crippen LogP contribution in [0.4, 0.5) is 0 Å². The van der Waals surface area contributed by atoms with E-state index in [0.717, 1.165) is 0 Å². The molecule has 0 amide bonds. The quantitative estimate of drug-likeness (QED) is 0.646. The zero-order chi connectivity index (χ0) is 15.3. The van der Waals surface area contributed by atoms with E-state index in [1.54, 1.807) is 24.3 Å². The van der Waals surface area contributed by atoms with E-state index in [0.29, 0.717) is 9.92 Å². The summed E-state index contributed by atoms with van der Waals surface area (Å²) in [6.45, 7) is 5.11. The van der Waals surface area contributed by atoms with Crippen molar-refractivity contribution >= 4 is 28.4 Å². The normalized spacial score (nSPS) is 15.2. The minimum atomic E-state index is -1.55. The molecule has 1 aromatic carbocycles. The minimum Gasteiger partial charge on any atom is -0.466 e. The molecule has 0 aliphatic heterocycles. The number of methoxy groups -OCH3 is 1. The zero-order valence-corrected chi connectivity index (χ0v) is 12.9. The fourth-order valence-electron chi connectivity index (χ4n) is 1.67. The molecule has 0 bridgehead atoms. The standard InChI is InChI=1S/C14H17ClO4S/c1-9(14(17)19-3)8-13(10(2)16)20(18)12-7-5-4-6-11(12)15/h4-7,10,13,16H,1,8H2,2-3H3/t10-,13+,20-/m0/s1. The van der Waals surface area contributed by atoms with Crippen LogP contribution in [-0.4, -0.2) is 33.7 Å². The molecule has 0 aliphatic carbocycles. The maximum atomic E-state index is 12.5. The summed E-state index contributed by atoms with van der Waals surface area (Å²) < 4.78 is 17.1. The second-order valence-electron chi connectivity index (χ2n) is 4.31. The predicted octanol–water partition coefficient (Wildman–Crippen LogP) is 2.32. The Bertz CT molecular complexity index is 528. The highest BCUT2D eigenvalue weighted by molar-refractivity contribution is 7.85. The lowest BCUT2D eigenvalue weighted by Gasteiger charge is -2.20. The first-order valence-electron chi connectivity index (χ1n) is 5.97. The number of carbonyl (C=O) groups is 1. The molecule has 0 saturated heterocycles. The van der Waals surface area contributed by atoms with Crippen molar-refractivity contribution in [3.8, 4) is 0 Å². The van der Waals surface area contributed by atoms with E-state index in [-0.39, 0.29) is 12.0 Å². The van der Waals surface area contributed by atoms with Gasteiger partial charge in [-0.3, -0.25) is 4.21 Å². The van der Waals surface area contributed by atoms with Gasteiger partial charge in [0.2, 0.25) is 0 Å². The Morgan fingerprint density at radius 3 is 2.60 bits per heavy atom. The van der Waals surface area contributed by atoms with Crippen LogP contribution in [0.3, 0.4) is 0 Å². The number of hydrogen-bond donors (Lipinski definition) is 1. The first-order valence-corrected chi connectivity index (χ1v) is 7.56. The minimum absolute atomic E-state index is 0.0716. The zero-order valence-electron chi connectivity index (χ0n) is 11.3. The van der Waals surface area contributed by atoms with Crippen molar-refractivity contribution in [1.29, 1.82) is 0 Å². The molecule has 0 aliphatic rings. The lowest BCUT2D eigenvalue weighted by atomic mass is 10.1. The van der Waals surface area contributed by atoms with E-state index in [9.17, 15) is 14.1 Å².